The van der Waals surface area contributed by atoms with Crippen molar-refractivity contribution < 1.29 is 0 Å². The van der Waals surface area contributed by atoms with Gasteiger partial charge in [0.2, 0.25) is 0 Å². The SMILES string of the molecule is C1=Cc2ccc(-c3cc(-c4ccc5c6c(cccc46)C=C5)cc(-c4ccc5c6c(cccc46)C=C5)c3)c3cccc1c23. The van der Waals surface area contributed by atoms with Crippen molar-refractivity contribution in [3.05, 3.63) is 143 Å². The van der Waals surface area contributed by atoms with E-state index in [-0.39, 0.29) is 0 Å². The molecule has 0 atom stereocenters. The van der Waals surface area contributed by atoms with Crippen LogP contribution in [0.3, 0.4) is 0 Å². The zero-order valence-electron chi connectivity index (χ0n) is 22.9. The first kappa shape index (κ1) is 22.3. The Labute approximate surface area is 244 Å². The zero-order valence-corrected chi connectivity index (χ0v) is 22.9. The molecule has 0 fully saturated rings. The molecular weight excluding hydrogens is 504 g/mol. The third-order valence-electron chi connectivity index (χ3n) is 9.51. The highest BCUT2D eigenvalue weighted by Crippen LogP contribution is 2.44. The standard InChI is InChI=1S/C42H24/c1-4-25-10-13-28-16-19-34(37(7-1)40(25)28)31-22-32(35-20-17-29-14-11-26-5-2-8-38(35)41(26)29)24-33(23-31)36-21-18-30-15-12-27-6-3-9-39(36)42(27)30/h1-24H. The minimum Gasteiger partial charge on any atom is -0.0610 e. The van der Waals surface area contributed by atoms with Crippen LogP contribution in [-0.2, 0) is 0 Å². The Hall–Kier alpha value is -5.46. The van der Waals surface area contributed by atoms with Gasteiger partial charge in [-0.15, -0.1) is 0 Å². The highest BCUT2D eigenvalue weighted by Gasteiger charge is 2.19. The molecule has 7 aromatic rings. The lowest BCUT2D eigenvalue weighted by Crippen LogP contribution is -1.91. The molecule has 0 heteroatoms. The van der Waals surface area contributed by atoms with Crippen LogP contribution >= 0.6 is 0 Å². The van der Waals surface area contributed by atoms with Crippen molar-refractivity contribution in [3.8, 4) is 33.4 Å². The van der Waals surface area contributed by atoms with Crippen molar-refractivity contribution in [2.45, 2.75) is 0 Å². The summed E-state index contributed by atoms with van der Waals surface area (Å²) in [5.41, 5.74) is 15.4. The summed E-state index contributed by atoms with van der Waals surface area (Å²) in [6.45, 7) is 0. The van der Waals surface area contributed by atoms with E-state index in [2.05, 4.69) is 146 Å². The second kappa shape index (κ2) is 8.06. The Balaban J connectivity index is 1.29. The number of hydrogen-bond acceptors (Lipinski definition) is 0. The lowest BCUT2D eigenvalue weighted by atomic mass is 9.87. The molecule has 0 N–H and O–H groups in total. The number of hydrogen-bond donors (Lipinski definition) is 0. The summed E-state index contributed by atoms with van der Waals surface area (Å²) in [6.07, 6.45) is 13.4. The van der Waals surface area contributed by atoms with E-state index >= 15 is 0 Å². The molecule has 0 spiro atoms. The molecule has 0 bridgehead atoms. The van der Waals surface area contributed by atoms with Crippen molar-refractivity contribution in [3.63, 3.8) is 0 Å². The van der Waals surface area contributed by atoms with Crippen LogP contribution in [-0.4, -0.2) is 0 Å². The predicted octanol–water partition coefficient (Wildman–Crippen LogP) is 11.6. The topological polar surface area (TPSA) is 0 Å². The smallest absolute Gasteiger partial charge is 0.00326 e. The zero-order chi connectivity index (χ0) is 27.4. The molecule has 0 aliphatic heterocycles. The maximum Gasteiger partial charge on any atom is -0.00326 e. The first-order valence-electron chi connectivity index (χ1n) is 14.7. The minimum atomic E-state index is 1.25. The summed E-state index contributed by atoms with van der Waals surface area (Å²) in [5.74, 6) is 0. The first-order chi connectivity index (χ1) is 20.8. The first-order valence-corrected chi connectivity index (χ1v) is 14.7. The molecule has 42 heavy (non-hydrogen) atoms. The maximum atomic E-state index is 2.41. The van der Waals surface area contributed by atoms with Crippen LogP contribution in [0.2, 0.25) is 0 Å². The van der Waals surface area contributed by atoms with Gasteiger partial charge in [-0.05, 0) is 117 Å². The molecule has 0 unspecified atom stereocenters. The second-order valence-corrected chi connectivity index (χ2v) is 11.7. The fraction of sp³-hybridized carbons (Fsp3) is 0. The molecule has 3 aliphatic rings. The van der Waals surface area contributed by atoms with Gasteiger partial charge in [-0.2, -0.15) is 0 Å². The molecule has 0 saturated heterocycles. The molecule has 0 aromatic heterocycles. The summed E-state index contributed by atoms with van der Waals surface area (Å²) in [4.78, 5) is 0. The van der Waals surface area contributed by atoms with Crippen molar-refractivity contribution >= 4 is 68.8 Å². The van der Waals surface area contributed by atoms with Crippen LogP contribution in [0.15, 0.2) is 109 Å². The Bertz CT molecular complexity index is 2120. The Kier molecular flexibility index (Phi) is 4.27. The summed E-state index contributed by atoms with van der Waals surface area (Å²) in [7, 11) is 0. The van der Waals surface area contributed by atoms with Gasteiger partial charge in [-0.25, -0.2) is 0 Å². The molecule has 0 nitrogen and oxygen atoms in total. The Morgan fingerprint density at radius 1 is 0.262 bits per heavy atom. The molecule has 0 saturated carbocycles. The van der Waals surface area contributed by atoms with Crippen LogP contribution in [0.25, 0.3) is 102 Å². The van der Waals surface area contributed by atoms with Gasteiger partial charge in [0.25, 0.3) is 0 Å². The summed E-state index contributed by atoms with van der Waals surface area (Å²) in [6, 6.07) is 41.1. The van der Waals surface area contributed by atoms with E-state index in [1.165, 1.54) is 99.1 Å². The average Bonchev–Trinajstić information content (AvgIpc) is 3.78. The van der Waals surface area contributed by atoms with Gasteiger partial charge >= 0.3 is 0 Å². The van der Waals surface area contributed by atoms with E-state index < -0.39 is 0 Å². The highest BCUT2D eigenvalue weighted by atomic mass is 14.2. The molecule has 3 aliphatic carbocycles. The van der Waals surface area contributed by atoms with Crippen molar-refractivity contribution in [1.29, 1.82) is 0 Å². The van der Waals surface area contributed by atoms with Crippen LogP contribution < -0.4 is 0 Å². The van der Waals surface area contributed by atoms with Crippen LogP contribution in [0.5, 0.6) is 0 Å². The lowest BCUT2D eigenvalue weighted by molar-refractivity contribution is 1.60. The van der Waals surface area contributed by atoms with Crippen molar-refractivity contribution in [1.82, 2.24) is 0 Å². The molecule has 0 radical (unpaired) electrons. The molecule has 7 aromatic carbocycles. The summed E-state index contributed by atoms with van der Waals surface area (Å²) in [5, 5.41) is 8.01. The van der Waals surface area contributed by atoms with E-state index in [0.717, 1.165) is 0 Å². The van der Waals surface area contributed by atoms with Gasteiger partial charge in [-0.3, -0.25) is 0 Å². The van der Waals surface area contributed by atoms with Gasteiger partial charge in [0.05, 0.1) is 0 Å². The second-order valence-electron chi connectivity index (χ2n) is 11.7. The van der Waals surface area contributed by atoms with Crippen molar-refractivity contribution in [2.24, 2.45) is 0 Å². The number of rotatable bonds is 3. The maximum absolute atomic E-state index is 2.41. The molecular formula is C42H24. The normalized spacial score (nSPS) is 13.4. The fourth-order valence-corrected chi connectivity index (χ4v) is 7.61. The lowest BCUT2D eigenvalue weighted by Gasteiger charge is -2.17. The molecule has 0 heterocycles. The Morgan fingerprint density at radius 2 is 0.548 bits per heavy atom. The summed E-state index contributed by atoms with van der Waals surface area (Å²) < 4.78 is 0. The van der Waals surface area contributed by atoms with Gasteiger partial charge in [0, 0.05) is 0 Å². The van der Waals surface area contributed by atoms with Crippen LogP contribution in [0.1, 0.15) is 33.4 Å². The monoisotopic (exact) mass is 528 g/mol. The largest absolute Gasteiger partial charge is 0.0610 e. The van der Waals surface area contributed by atoms with Crippen LogP contribution in [0.4, 0.5) is 0 Å². The van der Waals surface area contributed by atoms with Gasteiger partial charge in [0.1, 0.15) is 0 Å². The van der Waals surface area contributed by atoms with Gasteiger partial charge in [-0.1, -0.05) is 127 Å². The Morgan fingerprint density at radius 3 is 0.857 bits per heavy atom. The van der Waals surface area contributed by atoms with Crippen molar-refractivity contribution in [2.75, 3.05) is 0 Å². The minimum absolute atomic E-state index is 1.25. The van der Waals surface area contributed by atoms with E-state index in [0.29, 0.717) is 0 Å². The average molecular weight is 529 g/mol. The molecule has 192 valence electrons. The third kappa shape index (κ3) is 2.96. The molecule has 10 rings (SSSR count). The van der Waals surface area contributed by atoms with E-state index in [1.807, 2.05) is 0 Å². The third-order valence-corrected chi connectivity index (χ3v) is 9.51. The van der Waals surface area contributed by atoms with Crippen LogP contribution in [0, 0.1) is 0 Å². The number of benzene rings is 7. The molecule has 0 amide bonds. The van der Waals surface area contributed by atoms with E-state index in [9.17, 15) is 0 Å². The highest BCUT2D eigenvalue weighted by molar-refractivity contribution is 6.14. The van der Waals surface area contributed by atoms with E-state index in [4.69, 9.17) is 0 Å². The quantitative estimate of drug-likeness (QED) is 0.214. The van der Waals surface area contributed by atoms with Gasteiger partial charge < -0.3 is 0 Å². The summed E-state index contributed by atoms with van der Waals surface area (Å²) >= 11 is 0. The van der Waals surface area contributed by atoms with Gasteiger partial charge in [0.15, 0.2) is 0 Å². The predicted molar refractivity (Wildman–Crippen MR) is 182 cm³/mol. The fourth-order valence-electron chi connectivity index (χ4n) is 7.61. The van der Waals surface area contributed by atoms with E-state index in [1.54, 1.807) is 0 Å².